The number of fused-ring (bicyclic) bond motifs is 1. The van der Waals surface area contributed by atoms with Gasteiger partial charge in [-0.05, 0) is 42.7 Å². The Kier molecular flexibility index (Phi) is 7.10. The van der Waals surface area contributed by atoms with Crippen molar-refractivity contribution >= 4 is 22.8 Å². The highest BCUT2D eigenvalue weighted by Gasteiger charge is 2.37. The van der Waals surface area contributed by atoms with Crippen LogP contribution in [0.1, 0.15) is 26.7 Å². The third kappa shape index (κ3) is 5.17. The van der Waals surface area contributed by atoms with Crippen molar-refractivity contribution in [3.05, 3.63) is 48.8 Å². The Balaban J connectivity index is 1.23. The molecule has 1 aliphatic heterocycles. The lowest BCUT2D eigenvalue weighted by Crippen LogP contribution is -2.52. The fourth-order valence-electron chi connectivity index (χ4n) is 5.12. The standard InChI is InChI=1S/C28H35N7O/c1-20(2)30-9-10-31-25-5-3-22(4-6-25)24-17-27-26(7-8-32-35(27)19-24)33-11-13-34(14-12-33)28(36)23-15-21(16-23)18-29/h3-8,17,19-21,23,30-31H,9-16H2,1-2H3. The summed E-state index contributed by atoms with van der Waals surface area (Å²) in [5, 5.41) is 20.4. The van der Waals surface area contributed by atoms with Crippen molar-refractivity contribution < 1.29 is 4.79 Å². The molecule has 188 valence electrons. The molecule has 2 fully saturated rings. The Morgan fingerprint density at radius 1 is 1.08 bits per heavy atom. The second kappa shape index (κ2) is 10.6. The third-order valence-corrected chi connectivity index (χ3v) is 7.31. The van der Waals surface area contributed by atoms with Crippen LogP contribution in [0.5, 0.6) is 0 Å². The molecule has 2 N–H and O–H groups in total. The van der Waals surface area contributed by atoms with Crippen LogP contribution < -0.4 is 15.5 Å². The van der Waals surface area contributed by atoms with Crippen molar-refractivity contribution in [3.63, 3.8) is 0 Å². The summed E-state index contributed by atoms with van der Waals surface area (Å²) in [5.74, 6) is 0.328. The van der Waals surface area contributed by atoms with Gasteiger partial charge in [0.1, 0.15) is 0 Å². The van der Waals surface area contributed by atoms with Gasteiger partial charge in [0.05, 0.1) is 17.3 Å². The first-order valence-electron chi connectivity index (χ1n) is 13.0. The molecule has 0 atom stereocenters. The summed E-state index contributed by atoms with van der Waals surface area (Å²) >= 11 is 0. The van der Waals surface area contributed by atoms with Crippen LogP contribution in [0.25, 0.3) is 16.6 Å². The summed E-state index contributed by atoms with van der Waals surface area (Å²) in [7, 11) is 0. The van der Waals surface area contributed by atoms with Gasteiger partial charge in [0.2, 0.25) is 5.91 Å². The van der Waals surface area contributed by atoms with Crippen LogP contribution in [0.4, 0.5) is 11.4 Å². The minimum atomic E-state index is 0.0420. The van der Waals surface area contributed by atoms with E-state index in [2.05, 4.69) is 83.1 Å². The van der Waals surface area contributed by atoms with Gasteiger partial charge in [-0.1, -0.05) is 26.0 Å². The van der Waals surface area contributed by atoms with Gasteiger partial charge in [-0.25, -0.2) is 4.52 Å². The largest absolute Gasteiger partial charge is 0.384 e. The highest BCUT2D eigenvalue weighted by molar-refractivity contribution is 5.82. The van der Waals surface area contributed by atoms with Crippen molar-refractivity contribution in [1.29, 1.82) is 5.26 Å². The molecule has 0 bridgehead atoms. The molecule has 0 unspecified atom stereocenters. The van der Waals surface area contributed by atoms with Crippen LogP contribution in [0, 0.1) is 23.2 Å². The SMILES string of the molecule is CC(C)NCCNc1ccc(-c2cc3c(N4CCN(C(=O)C5CC(C#N)C5)CC4)ccnn3c2)cc1. The molecule has 2 aromatic heterocycles. The van der Waals surface area contributed by atoms with E-state index in [4.69, 9.17) is 5.26 Å². The Morgan fingerprint density at radius 2 is 1.83 bits per heavy atom. The molecule has 1 saturated carbocycles. The molecule has 1 saturated heterocycles. The van der Waals surface area contributed by atoms with E-state index in [0.717, 1.165) is 80.1 Å². The van der Waals surface area contributed by atoms with Crippen molar-refractivity contribution in [1.82, 2.24) is 19.8 Å². The Hall–Kier alpha value is -3.57. The monoisotopic (exact) mass is 485 g/mol. The number of hydrogen-bond acceptors (Lipinski definition) is 6. The van der Waals surface area contributed by atoms with Crippen LogP contribution in [-0.2, 0) is 4.79 Å². The number of rotatable bonds is 8. The Bertz CT molecular complexity index is 1230. The molecule has 2 aliphatic rings. The maximum absolute atomic E-state index is 12.8. The maximum atomic E-state index is 12.8. The normalized spacial score (nSPS) is 19.8. The van der Waals surface area contributed by atoms with Crippen LogP contribution >= 0.6 is 0 Å². The first-order valence-corrected chi connectivity index (χ1v) is 13.0. The summed E-state index contributed by atoms with van der Waals surface area (Å²) in [4.78, 5) is 17.1. The van der Waals surface area contributed by atoms with Crippen LogP contribution in [-0.4, -0.2) is 65.7 Å². The van der Waals surface area contributed by atoms with Gasteiger partial charge in [0, 0.05) is 80.8 Å². The van der Waals surface area contributed by atoms with E-state index in [1.807, 2.05) is 15.6 Å². The summed E-state index contributed by atoms with van der Waals surface area (Å²) in [6, 6.07) is 15.6. The van der Waals surface area contributed by atoms with E-state index in [-0.39, 0.29) is 17.7 Å². The van der Waals surface area contributed by atoms with Crippen molar-refractivity contribution in [2.45, 2.75) is 32.7 Å². The number of amides is 1. The van der Waals surface area contributed by atoms with Gasteiger partial charge >= 0.3 is 0 Å². The van der Waals surface area contributed by atoms with Gasteiger partial charge < -0.3 is 20.4 Å². The number of nitriles is 1. The van der Waals surface area contributed by atoms with Crippen LogP contribution in [0.3, 0.4) is 0 Å². The Labute approximate surface area is 212 Å². The Morgan fingerprint density at radius 3 is 2.53 bits per heavy atom. The number of anilines is 2. The molecule has 1 aliphatic carbocycles. The zero-order valence-corrected chi connectivity index (χ0v) is 21.2. The zero-order valence-electron chi connectivity index (χ0n) is 21.2. The molecule has 8 nitrogen and oxygen atoms in total. The molecule has 0 radical (unpaired) electrons. The molecule has 1 aromatic carbocycles. The van der Waals surface area contributed by atoms with E-state index in [9.17, 15) is 4.79 Å². The maximum Gasteiger partial charge on any atom is 0.225 e. The van der Waals surface area contributed by atoms with E-state index in [0.29, 0.717) is 6.04 Å². The molecular formula is C28H35N7O. The molecule has 3 heterocycles. The molecule has 0 spiro atoms. The lowest BCUT2D eigenvalue weighted by molar-refractivity contribution is -0.139. The lowest BCUT2D eigenvalue weighted by Gasteiger charge is -2.40. The average Bonchev–Trinajstić information content (AvgIpc) is 3.31. The van der Waals surface area contributed by atoms with Gasteiger partial charge in [0.15, 0.2) is 0 Å². The van der Waals surface area contributed by atoms with E-state index in [1.165, 1.54) is 0 Å². The molecule has 8 heteroatoms. The molecule has 5 rings (SSSR count). The second-order valence-electron chi connectivity index (χ2n) is 10.2. The van der Waals surface area contributed by atoms with Gasteiger partial charge in [0.25, 0.3) is 0 Å². The minimum absolute atomic E-state index is 0.0420. The first kappa shape index (κ1) is 24.1. The van der Waals surface area contributed by atoms with E-state index in [1.54, 1.807) is 0 Å². The van der Waals surface area contributed by atoms with Crippen LogP contribution in [0.2, 0.25) is 0 Å². The summed E-state index contributed by atoms with van der Waals surface area (Å²) < 4.78 is 1.95. The summed E-state index contributed by atoms with van der Waals surface area (Å²) in [5.41, 5.74) is 5.62. The summed E-state index contributed by atoms with van der Waals surface area (Å²) in [6.07, 6.45) is 5.37. The smallest absolute Gasteiger partial charge is 0.225 e. The summed E-state index contributed by atoms with van der Waals surface area (Å²) in [6.45, 7) is 9.16. The number of carbonyl (C=O) groups is 1. The topological polar surface area (TPSA) is 88.7 Å². The molecular weight excluding hydrogens is 450 g/mol. The van der Waals surface area contributed by atoms with Gasteiger partial charge in [-0.15, -0.1) is 0 Å². The molecule has 36 heavy (non-hydrogen) atoms. The minimum Gasteiger partial charge on any atom is -0.384 e. The van der Waals surface area contributed by atoms with Crippen molar-refractivity contribution in [2.24, 2.45) is 11.8 Å². The number of aromatic nitrogens is 2. The fraction of sp³-hybridized carbons (Fsp3) is 0.464. The predicted octanol–water partition coefficient (Wildman–Crippen LogP) is 3.61. The number of nitrogens with zero attached hydrogens (tertiary/aromatic N) is 5. The number of piperazine rings is 1. The van der Waals surface area contributed by atoms with Gasteiger partial charge in [-0.2, -0.15) is 10.4 Å². The quantitative estimate of drug-likeness (QED) is 0.474. The number of benzene rings is 1. The predicted molar refractivity (Wildman–Crippen MR) is 143 cm³/mol. The average molecular weight is 486 g/mol. The van der Waals surface area contributed by atoms with E-state index >= 15 is 0 Å². The fourth-order valence-corrected chi connectivity index (χ4v) is 5.12. The lowest BCUT2D eigenvalue weighted by atomic mass is 9.75. The molecule has 3 aromatic rings. The van der Waals surface area contributed by atoms with Crippen molar-refractivity contribution in [2.75, 3.05) is 49.5 Å². The highest BCUT2D eigenvalue weighted by atomic mass is 16.2. The number of hydrogen-bond donors (Lipinski definition) is 2. The van der Waals surface area contributed by atoms with Crippen LogP contribution in [0.15, 0.2) is 48.8 Å². The zero-order chi connectivity index (χ0) is 25.1. The molecule has 1 amide bonds. The van der Waals surface area contributed by atoms with Crippen molar-refractivity contribution in [3.8, 4) is 17.2 Å². The highest BCUT2D eigenvalue weighted by Crippen LogP contribution is 2.35. The third-order valence-electron chi connectivity index (χ3n) is 7.31. The van der Waals surface area contributed by atoms with E-state index < -0.39 is 0 Å². The number of nitrogens with one attached hydrogen (secondary N) is 2. The number of carbonyl (C=O) groups excluding carboxylic acids is 1. The second-order valence-corrected chi connectivity index (χ2v) is 10.2. The first-order chi connectivity index (χ1) is 17.5. The van der Waals surface area contributed by atoms with Gasteiger partial charge in [-0.3, -0.25) is 4.79 Å².